The van der Waals surface area contributed by atoms with Crippen LogP contribution >= 0.6 is 12.4 Å². The molecular formula is C29H36ClN3O3. The van der Waals surface area contributed by atoms with Crippen LogP contribution in [0.5, 0.6) is 5.75 Å². The number of ether oxygens (including phenoxy) is 1. The van der Waals surface area contributed by atoms with Crippen LogP contribution in [0.2, 0.25) is 0 Å². The summed E-state index contributed by atoms with van der Waals surface area (Å²) in [5.74, 6) is 0.919. The third-order valence-corrected chi connectivity index (χ3v) is 6.63. The zero-order valence-corrected chi connectivity index (χ0v) is 21.7. The molecule has 0 aliphatic carbocycles. The van der Waals surface area contributed by atoms with Gasteiger partial charge in [0.05, 0.1) is 12.8 Å². The van der Waals surface area contributed by atoms with E-state index in [4.69, 9.17) is 4.74 Å². The Bertz CT molecular complexity index is 1070. The fraction of sp³-hybridized carbons (Fsp3) is 0.345. The summed E-state index contributed by atoms with van der Waals surface area (Å²) in [6, 6.07) is 26.4. The highest BCUT2D eigenvalue weighted by atomic mass is 35.5. The van der Waals surface area contributed by atoms with Crippen molar-refractivity contribution < 1.29 is 14.6 Å². The van der Waals surface area contributed by atoms with Crippen molar-refractivity contribution in [3.63, 3.8) is 0 Å². The lowest BCUT2D eigenvalue weighted by Gasteiger charge is -2.36. The highest BCUT2D eigenvalue weighted by Gasteiger charge is 2.19. The van der Waals surface area contributed by atoms with Gasteiger partial charge in [0.15, 0.2) is 0 Å². The smallest absolute Gasteiger partial charge is 0.411 e. The van der Waals surface area contributed by atoms with Crippen molar-refractivity contribution in [1.82, 2.24) is 4.90 Å². The standard InChI is InChI=1S/C29H35N3O3.ClH/c1-35-28-12-6-5-11-27(28)31-21-19-30(20-22-31)17-7-8-18-32(29(33)34)26-15-13-25(14-16-26)23-24-9-3-2-4-10-24;/h2-6,9-16H,7-8,17-23H2,1H3,(H,33,34);1H. The third-order valence-electron chi connectivity index (χ3n) is 6.63. The van der Waals surface area contributed by atoms with Crippen LogP contribution < -0.4 is 14.5 Å². The molecule has 1 N–H and O–H groups in total. The fourth-order valence-electron chi connectivity index (χ4n) is 4.67. The van der Waals surface area contributed by atoms with Crippen LogP contribution in [0.4, 0.5) is 16.2 Å². The van der Waals surface area contributed by atoms with E-state index in [9.17, 15) is 9.90 Å². The molecule has 3 aromatic carbocycles. The molecule has 7 heteroatoms. The molecule has 0 radical (unpaired) electrons. The summed E-state index contributed by atoms with van der Waals surface area (Å²) in [4.78, 5) is 18.2. The first-order chi connectivity index (χ1) is 17.1. The van der Waals surface area contributed by atoms with Crippen LogP contribution in [-0.4, -0.2) is 62.5 Å². The number of rotatable bonds is 10. The number of unbranched alkanes of at least 4 members (excludes halogenated alkanes) is 1. The number of piperazine rings is 1. The molecule has 192 valence electrons. The number of anilines is 2. The number of carboxylic acid groups (broad SMARTS) is 1. The van der Waals surface area contributed by atoms with E-state index in [0.29, 0.717) is 6.54 Å². The molecule has 0 bridgehead atoms. The lowest BCUT2D eigenvalue weighted by Crippen LogP contribution is -2.46. The first-order valence-corrected chi connectivity index (χ1v) is 12.4. The largest absolute Gasteiger partial charge is 0.495 e. The second-order valence-corrected chi connectivity index (χ2v) is 8.97. The Morgan fingerprint density at radius 3 is 2.17 bits per heavy atom. The molecular weight excluding hydrogens is 474 g/mol. The van der Waals surface area contributed by atoms with Crippen molar-refractivity contribution in [3.05, 3.63) is 90.0 Å². The zero-order valence-electron chi connectivity index (χ0n) is 20.9. The molecule has 1 heterocycles. The van der Waals surface area contributed by atoms with E-state index in [-0.39, 0.29) is 12.4 Å². The van der Waals surface area contributed by atoms with Gasteiger partial charge in [0.2, 0.25) is 0 Å². The van der Waals surface area contributed by atoms with Gasteiger partial charge < -0.3 is 14.7 Å². The molecule has 3 aromatic rings. The fourth-order valence-corrected chi connectivity index (χ4v) is 4.67. The van der Waals surface area contributed by atoms with Crippen molar-refractivity contribution in [2.45, 2.75) is 19.3 Å². The first kappa shape index (κ1) is 27.4. The second-order valence-electron chi connectivity index (χ2n) is 8.97. The van der Waals surface area contributed by atoms with Crippen LogP contribution in [0, 0.1) is 0 Å². The van der Waals surface area contributed by atoms with Crippen molar-refractivity contribution in [1.29, 1.82) is 0 Å². The maximum Gasteiger partial charge on any atom is 0.411 e. The van der Waals surface area contributed by atoms with Gasteiger partial charge in [-0.2, -0.15) is 0 Å². The maximum absolute atomic E-state index is 11.9. The number of hydrogen-bond donors (Lipinski definition) is 1. The molecule has 1 amide bonds. The molecule has 0 aromatic heterocycles. The Morgan fingerprint density at radius 1 is 0.861 bits per heavy atom. The Kier molecular flexibility index (Phi) is 10.5. The summed E-state index contributed by atoms with van der Waals surface area (Å²) in [6.45, 7) is 5.44. The summed E-state index contributed by atoms with van der Waals surface area (Å²) in [5.41, 5.74) is 4.32. The summed E-state index contributed by atoms with van der Waals surface area (Å²) >= 11 is 0. The van der Waals surface area contributed by atoms with Gasteiger partial charge in [-0.05, 0) is 61.2 Å². The van der Waals surface area contributed by atoms with Crippen LogP contribution in [0.25, 0.3) is 0 Å². The van der Waals surface area contributed by atoms with Crippen molar-refractivity contribution in [3.8, 4) is 5.75 Å². The molecule has 6 nitrogen and oxygen atoms in total. The Hall–Kier alpha value is -3.22. The van der Waals surface area contributed by atoms with Crippen LogP contribution in [0.3, 0.4) is 0 Å². The van der Waals surface area contributed by atoms with Crippen molar-refractivity contribution >= 4 is 29.9 Å². The average Bonchev–Trinajstić information content (AvgIpc) is 2.90. The van der Waals surface area contributed by atoms with Gasteiger partial charge in [-0.15, -0.1) is 12.4 Å². The van der Waals surface area contributed by atoms with Gasteiger partial charge in [-0.1, -0.05) is 54.6 Å². The van der Waals surface area contributed by atoms with Crippen LogP contribution in [0.15, 0.2) is 78.9 Å². The average molecular weight is 510 g/mol. The van der Waals surface area contributed by atoms with E-state index >= 15 is 0 Å². The van der Waals surface area contributed by atoms with Crippen LogP contribution in [0.1, 0.15) is 24.0 Å². The van der Waals surface area contributed by atoms with Gasteiger partial charge in [0.25, 0.3) is 0 Å². The third kappa shape index (κ3) is 7.39. The molecule has 0 spiro atoms. The maximum atomic E-state index is 11.9. The number of halogens is 1. The summed E-state index contributed by atoms with van der Waals surface area (Å²) < 4.78 is 5.51. The van der Waals surface area contributed by atoms with Gasteiger partial charge >= 0.3 is 6.09 Å². The predicted octanol–water partition coefficient (Wildman–Crippen LogP) is 5.79. The normalized spacial score (nSPS) is 13.6. The number of amides is 1. The number of hydrogen-bond acceptors (Lipinski definition) is 4. The zero-order chi connectivity index (χ0) is 24.5. The lowest BCUT2D eigenvalue weighted by molar-refractivity contribution is 0.201. The molecule has 1 fully saturated rings. The van der Waals surface area contributed by atoms with Gasteiger partial charge in [0.1, 0.15) is 5.75 Å². The predicted molar refractivity (Wildman–Crippen MR) is 149 cm³/mol. The summed E-state index contributed by atoms with van der Waals surface area (Å²) in [5, 5.41) is 9.76. The van der Waals surface area contributed by atoms with E-state index in [1.807, 2.05) is 54.6 Å². The molecule has 0 unspecified atom stereocenters. The van der Waals surface area contributed by atoms with Crippen molar-refractivity contribution in [2.75, 3.05) is 56.2 Å². The first-order valence-electron chi connectivity index (χ1n) is 12.4. The minimum absolute atomic E-state index is 0. The minimum atomic E-state index is -0.897. The summed E-state index contributed by atoms with van der Waals surface area (Å²) in [6.07, 6.45) is 1.76. The minimum Gasteiger partial charge on any atom is -0.495 e. The Morgan fingerprint density at radius 2 is 1.50 bits per heavy atom. The molecule has 1 aliphatic heterocycles. The van der Waals surface area contributed by atoms with E-state index in [1.54, 1.807) is 7.11 Å². The van der Waals surface area contributed by atoms with E-state index in [2.05, 4.69) is 34.1 Å². The van der Waals surface area contributed by atoms with E-state index < -0.39 is 6.09 Å². The van der Waals surface area contributed by atoms with E-state index in [1.165, 1.54) is 16.0 Å². The van der Waals surface area contributed by atoms with Crippen LogP contribution in [-0.2, 0) is 6.42 Å². The molecule has 0 saturated carbocycles. The highest BCUT2D eigenvalue weighted by molar-refractivity contribution is 5.86. The van der Waals surface area contributed by atoms with Gasteiger partial charge in [-0.3, -0.25) is 9.80 Å². The molecule has 0 atom stereocenters. The number of benzene rings is 3. The van der Waals surface area contributed by atoms with E-state index in [0.717, 1.165) is 69.1 Å². The molecule has 36 heavy (non-hydrogen) atoms. The highest BCUT2D eigenvalue weighted by Crippen LogP contribution is 2.28. The molecule has 1 saturated heterocycles. The number of para-hydroxylation sites is 2. The monoisotopic (exact) mass is 509 g/mol. The lowest BCUT2D eigenvalue weighted by atomic mass is 10.0. The number of carbonyl (C=O) groups is 1. The quantitative estimate of drug-likeness (QED) is 0.350. The molecule has 1 aliphatic rings. The van der Waals surface area contributed by atoms with Crippen molar-refractivity contribution in [2.24, 2.45) is 0 Å². The topological polar surface area (TPSA) is 56.2 Å². The number of nitrogens with zero attached hydrogens (tertiary/aromatic N) is 3. The summed E-state index contributed by atoms with van der Waals surface area (Å²) in [7, 11) is 1.72. The molecule has 4 rings (SSSR count). The second kappa shape index (κ2) is 13.8. The Labute approximate surface area is 220 Å². The SMILES string of the molecule is COc1ccccc1N1CCN(CCCCN(C(=O)O)c2ccc(Cc3ccccc3)cc2)CC1.Cl. The number of methoxy groups -OCH3 is 1. The van der Waals surface area contributed by atoms with Gasteiger partial charge in [0, 0.05) is 38.4 Å². The Balaban J connectivity index is 0.00000361. The van der Waals surface area contributed by atoms with Gasteiger partial charge in [-0.25, -0.2) is 4.79 Å².